The lowest BCUT2D eigenvalue weighted by atomic mass is 10.2. The van der Waals surface area contributed by atoms with Crippen molar-refractivity contribution < 1.29 is 8.78 Å². The first-order valence-corrected chi connectivity index (χ1v) is 6.32. The number of pyridine rings is 1. The summed E-state index contributed by atoms with van der Waals surface area (Å²) in [5.74, 6) is -1.42. The standard InChI is InChI=1S/C14H10ClF2N3/c15-11-5-10(16)6-12(17)14(11)18-7-9-8-19-20-4-2-1-3-13(9)20/h1-6,8,18H,7H2. The molecule has 0 aliphatic heterocycles. The zero-order chi connectivity index (χ0) is 14.1. The van der Waals surface area contributed by atoms with Crippen molar-refractivity contribution in [3.05, 3.63) is 64.9 Å². The largest absolute Gasteiger partial charge is 0.377 e. The van der Waals surface area contributed by atoms with Crippen molar-refractivity contribution in [1.82, 2.24) is 9.61 Å². The summed E-state index contributed by atoms with van der Waals surface area (Å²) in [6, 6.07) is 7.54. The normalized spacial score (nSPS) is 10.9. The molecule has 0 radical (unpaired) electrons. The van der Waals surface area contributed by atoms with Crippen LogP contribution in [0, 0.1) is 11.6 Å². The molecule has 0 fully saturated rings. The number of nitrogens with zero attached hydrogens (tertiary/aromatic N) is 2. The van der Waals surface area contributed by atoms with Gasteiger partial charge in [-0.2, -0.15) is 5.10 Å². The average Bonchev–Trinajstić information content (AvgIpc) is 2.81. The number of benzene rings is 1. The Bertz CT molecular complexity index is 747. The van der Waals surface area contributed by atoms with Gasteiger partial charge in [0.05, 0.1) is 22.4 Å². The molecule has 0 atom stereocenters. The lowest BCUT2D eigenvalue weighted by molar-refractivity contribution is 0.585. The van der Waals surface area contributed by atoms with Crippen molar-refractivity contribution in [3.63, 3.8) is 0 Å². The van der Waals surface area contributed by atoms with Gasteiger partial charge >= 0.3 is 0 Å². The number of aromatic nitrogens is 2. The topological polar surface area (TPSA) is 29.3 Å². The number of nitrogens with one attached hydrogen (secondary N) is 1. The van der Waals surface area contributed by atoms with E-state index in [0.717, 1.165) is 23.2 Å². The number of anilines is 1. The minimum absolute atomic E-state index is 0.0129. The summed E-state index contributed by atoms with van der Waals surface area (Å²) < 4.78 is 28.3. The molecular formula is C14H10ClF2N3. The molecule has 2 aromatic heterocycles. The van der Waals surface area contributed by atoms with E-state index in [4.69, 9.17) is 11.6 Å². The fraction of sp³-hybridized carbons (Fsp3) is 0.0714. The molecule has 102 valence electrons. The minimum atomic E-state index is -0.716. The van der Waals surface area contributed by atoms with Crippen LogP contribution < -0.4 is 5.32 Å². The number of halogens is 3. The lowest BCUT2D eigenvalue weighted by Gasteiger charge is -2.09. The van der Waals surface area contributed by atoms with Gasteiger partial charge in [0.15, 0.2) is 5.82 Å². The third-order valence-electron chi connectivity index (χ3n) is 2.97. The van der Waals surface area contributed by atoms with Crippen LogP contribution in [-0.4, -0.2) is 9.61 Å². The molecule has 0 aliphatic rings. The summed E-state index contributed by atoms with van der Waals surface area (Å²) in [5, 5.41) is 7.07. The van der Waals surface area contributed by atoms with E-state index in [1.165, 1.54) is 0 Å². The number of rotatable bonds is 3. The molecule has 2 heterocycles. The molecule has 0 bridgehead atoms. The minimum Gasteiger partial charge on any atom is -0.377 e. The van der Waals surface area contributed by atoms with Gasteiger partial charge in [-0.05, 0) is 18.2 Å². The van der Waals surface area contributed by atoms with Crippen molar-refractivity contribution in [3.8, 4) is 0 Å². The van der Waals surface area contributed by atoms with E-state index in [-0.39, 0.29) is 10.7 Å². The Morgan fingerprint density at radius 1 is 1.25 bits per heavy atom. The Morgan fingerprint density at radius 2 is 2.10 bits per heavy atom. The second-order valence-electron chi connectivity index (χ2n) is 4.30. The number of hydrogen-bond donors (Lipinski definition) is 1. The molecular weight excluding hydrogens is 284 g/mol. The van der Waals surface area contributed by atoms with E-state index < -0.39 is 11.6 Å². The highest BCUT2D eigenvalue weighted by molar-refractivity contribution is 6.33. The molecule has 3 rings (SSSR count). The molecule has 0 saturated heterocycles. The molecule has 3 aromatic rings. The lowest BCUT2D eigenvalue weighted by Crippen LogP contribution is -2.02. The van der Waals surface area contributed by atoms with Crippen LogP contribution in [0.4, 0.5) is 14.5 Å². The molecule has 3 nitrogen and oxygen atoms in total. The second-order valence-corrected chi connectivity index (χ2v) is 4.71. The first-order chi connectivity index (χ1) is 9.65. The Morgan fingerprint density at radius 3 is 2.90 bits per heavy atom. The van der Waals surface area contributed by atoms with Gasteiger partial charge in [-0.15, -0.1) is 0 Å². The summed E-state index contributed by atoms with van der Waals surface area (Å²) >= 11 is 5.83. The van der Waals surface area contributed by atoms with Crippen molar-refractivity contribution in [2.24, 2.45) is 0 Å². The van der Waals surface area contributed by atoms with Crippen molar-refractivity contribution in [1.29, 1.82) is 0 Å². The third-order valence-corrected chi connectivity index (χ3v) is 3.27. The number of fused-ring (bicyclic) bond motifs is 1. The molecule has 20 heavy (non-hydrogen) atoms. The van der Waals surface area contributed by atoms with Gasteiger partial charge in [0.25, 0.3) is 0 Å². The van der Waals surface area contributed by atoms with Crippen LogP contribution in [0.2, 0.25) is 5.02 Å². The smallest absolute Gasteiger partial charge is 0.150 e. The van der Waals surface area contributed by atoms with Crippen LogP contribution in [0.25, 0.3) is 5.52 Å². The molecule has 1 N–H and O–H groups in total. The van der Waals surface area contributed by atoms with Gasteiger partial charge in [-0.25, -0.2) is 13.3 Å². The third kappa shape index (κ3) is 2.32. The Balaban J connectivity index is 1.87. The Kier molecular flexibility index (Phi) is 3.28. The molecule has 6 heteroatoms. The van der Waals surface area contributed by atoms with Gasteiger partial charge < -0.3 is 5.32 Å². The van der Waals surface area contributed by atoms with Gasteiger partial charge in [0.1, 0.15) is 5.82 Å². The van der Waals surface area contributed by atoms with Crippen LogP contribution >= 0.6 is 11.6 Å². The van der Waals surface area contributed by atoms with Crippen molar-refractivity contribution >= 4 is 22.8 Å². The summed E-state index contributed by atoms with van der Waals surface area (Å²) in [6.45, 7) is 0.343. The summed E-state index contributed by atoms with van der Waals surface area (Å²) in [4.78, 5) is 0. The monoisotopic (exact) mass is 293 g/mol. The van der Waals surface area contributed by atoms with Crippen LogP contribution in [0.5, 0.6) is 0 Å². The van der Waals surface area contributed by atoms with E-state index in [9.17, 15) is 8.78 Å². The quantitative estimate of drug-likeness (QED) is 0.794. The molecule has 0 amide bonds. The van der Waals surface area contributed by atoms with E-state index in [1.54, 1.807) is 10.7 Å². The Hall–Kier alpha value is -2.14. The SMILES string of the molecule is Fc1cc(F)c(NCc2cnn3ccccc23)c(Cl)c1. The fourth-order valence-corrected chi connectivity index (χ4v) is 2.28. The van der Waals surface area contributed by atoms with E-state index in [1.807, 2.05) is 24.4 Å². The molecule has 1 aromatic carbocycles. The zero-order valence-electron chi connectivity index (χ0n) is 10.3. The van der Waals surface area contributed by atoms with Gasteiger partial charge in [-0.3, -0.25) is 0 Å². The van der Waals surface area contributed by atoms with E-state index in [2.05, 4.69) is 10.4 Å². The number of hydrogen-bond acceptors (Lipinski definition) is 2. The first-order valence-electron chi connectivity index (χ1n) is 5.95. The summed E-state index contributed by atoms with van der Waals surface area (Å²) in [7, 11) is 0. The average molecular weight is 294 g/mol. The summed E-state index contributed by atoms with van der Waals surface area (Å²) in [5.41, 5.74) is 1.90. The van der Waals surface area contributed by atoms with Crippen LogP contribution in [0.15, 0.2) is 42.7 Å². The highest BCUT2D eigenvalue weighted by atomic mass is 35.5. The van der Waals surface area contributed by atoms with Crippen molar-refractivity contribution in [2.45, 2.75) is 6.54 Å². The van der Waals surface area contributed by atoms with Crippen LogP contribution in [0.1, 0.15) is 5.56 Å². The van der Waals surface area contributed by atoms with Gasteiger partial charge in [-0.1, -0.05) is 17.7 Å². The predicted octanol–water partition coefficient (Wildman–Crippen LogP) is 3.88. The molecule has 0 unspecified atom stereocenters. The first kappa shape index (κ1) is 12.9. The van der Waals surface area contributed by atoms with Crippen molar-refractivity contribution in [2.75, 3.05) is 5.32 Å². The fourth-order valence-electron chi connectivity index (χ4n) is 2.02. The zero-order valence-corrected chi connectivity index (χ0v) is 11.0. The molecule has 0 saturated carbocycles. The molecule has 0 aliphatic carbocycles. The molecule has 0 spiro atoms. The maximum atomic E-state index is 13.6. The summed E-state index contributed by atoms with van der Waals surface area (Å²) in [6.07, 6.45) is 3.52. The van der Waals surface area contributed by atoms with Gasteiger partial charge in [0, 0.05) is 24.4 Å². The van der Waals surface area contributed by atoms with Crippen LogP contribution in [0.3, 0.4) is 0 Å². The predicted molar refractivity (Wildman–Crippen MR) is 73.9 cm³/mol. The van der Waals surface area contributed by atoms with E-state index in [0.29, 0.717) is 6.54 Å². The maximum Gasteiger partial charge on any atom is 0.150 e. The highest BCUT2D eigenvalue weighted by Crippen LogP contribution is 2.27. The highest BCUT2D eigenvalue weighted by Gasteiger charge is 2.11. The second kappa shape index (κ2) is 5.09. The van der Waals surface area contributed by atoms with E-state index >= 15 is 0 Å². The Labute approximate surface area is 118 Å². The maximum absolute atomic E-state index is 13.6. The van der Waals surface area contributed by atoms with Crippen LogP contribution in [-0.2, 0) is 6.54 Å². The van der Waals surface area contributed by atoms with Gasteiger partial charge in [0.2, 0.25) is 0 Å².